The highest BCUT2D eigenvalue weighted by Gasteiger charge is 2.30. The highest BCUT2D eigenvalue weighted by Crippen LogP contribution is 2.47. The molecule has 1 aromatic carbocycles. The number of rotatable bonds is 2. The molecule has 0 unspecified atom stereocenters. The van der Waals surface area contributed by atoms with E-state index in [2.05, 4.69) is 31.8 Å². The molecule has 0 aliphatic heterocycles. The average molecular weight is 246 g/mol. The summed E-state index contributed by atoms with van der Waals surface area (Å²) in [6.07, 6.45) is 2.68. The summed E-state index contributed by atoms with van der Waals surface area (Å²) < 4.78 is 1.24. The number of nitrogens with zero attached hydrogens (tertiary/aromatic N) is 1. The first-order valence-corrected chi connectivity index (χ1v) is 7.09. The Bertz CT molecular complexity index is 579. The van der Waals surface area contributed by atoms with Gasteiger partial charge in [-0.05, 0) is 54.4 Å². The molecule has 1 heterocycles. The molecule has 3 heteroatoms. The standard InChI is InChI=1S/C14H18N2S/c1-7(2)11-12(9-4-5-9)8(3)6-10-13(11)16-14(15)17-10/h6-7,9H,4-5H2,1-3H3,(H2,15,16). The second kappa shape index (κ2) is 3.70. The van der Waals surface area contributed by atoms with Crippen molar-refractivity contribution < 1.29 is 0 Å². The largest absolute Gasteiger partial charge is 0.375 e. The fraction of sp³-hybridized carbons (Fsp3) is 0.500. The summed E-state index contributed by atoms with van der Waals surface area (Å²) in [4.78, 5) is 4.54. The van der Waals surface area contributed by atoms with Crippen molar-refractivity contribution in [2.24, 2.45) is 0 Å². The first-order valence-electron chi connectivity index (χ1n) is 6.27. The van der Waals surface area contributed by atoms with Gasteiger partial charge in [0.25, 0.3) is 0 Å². The van der Waals surface area contributed by atoms with E-state index in [-0.39, 0.29) is 0 Å². The first kappa shape index (κ1) is 11.0. The molecule has 1 aliphatic rings. The Kier molecular flexibility index (Phi) is 2.40. The van der Waals surface area contributed by atoms with E-state index in [4.69, 9.17) is 5.73 Å². The first-order chi connectivity index (χ1) is 8.08. The SMILES string of the molecule is Cc1cc2sc(N)nc2c(C(C)C)c1C1CC1. The number of aryl methyl sites for hydroxylation is 1. The minimum atomic E-state index is 0.523. The summed E-state index contributed by atoms with van der Waals surface area (Å²) in [7, 11) is 0. The van der Waals surface area contributed by atoms with Crippen LogP contribution >= 0.6 is 11.3 Å². The van der Waals surface area contributed by atoms with Crippen LogP contribution in [0.5, 0.6) is 0 Å². The molecule has 0 spiro atoms. The van der Waals surface area contributed by atoms with Crippen molar-refractivity contribution in [1.29, 1.82) is 0 Å². The maximum Gasteiger partial charge on any atom is 0.181 e. The summed E-state index contributed by atoms with van der Waals surface area (Å²) in [6.45, 7) is 6.75. The van der Waals surface area contributed by atoms with Gasteiger partial charge >= 0.3 is 0 Å². The minimum absolute atomic E-state index is 0.523. The van der Waals surface area contributed by atoms with E-state index in [1.54, 1.807) is 16.9 Å². The molecule has 2 nitrogen and oxygen atoms in total. The zero-order valence-corrected chi connectivity index (χ0v) is 11.4. The number of fused-ring (bicyclic) bond motifs is 1. The molecule has 0 atom stereocenters. The van der Waals surface area contributed by atoms with E-state index in [0.29, 0.717) is 11.0 Å². The summed E-state index contributed by atoms with van der Waals surface area (Å²) in [6, 6.07) is 2.27. The Labute approximate surface area is 106 Å². The van der Waals surface area contributed by atoms with E-state index in [9.17, 15) is 0 Å². The predicted molar refractivity (Wildman–Crippen MR) is 74.8 cm³/mol. The molecule has 2 aromatic rings. The normalized spacial score (nSPS) is 16.0. The summed E-state index contributed by atoms with van der Waals surface area (Å²) >= 11 is 1.61. The van der Waals surface area contributed by atoms with Crippen LogP contribution in [0.15, 0.2) is 6.07 Å². The van der Waals surface area contributed by atoms with Crippen LogP contribution < -0.4 is 5.73 Å². The number of nitrogen functional groups attached to an aromatic ring is 1. The number of benzene rings is 1. The van der Waals surface area contributed by atoms with E-state index in [0.717, 1.165) is 11.4 Å². The smallest absolute Gasteiger partial charge is 0.181 e. The second-order valence-corrected chi connectivity index (χ2v) is 6.41. The predicted octanol–water partition coefficient (Wildman–Crippen LogP) is 4.19. The molecule has 0 amide bonds. The lowest BCUT2D eigenvalue weighted by molar-refractivity contribution is 0.845. The number of thiazole rings is 1. The van der Waals surface area contributed by atoms with E-state index in [1.165, 1.54) is 28.7 Å². The number of hydrogen-bond donors (Lipinski definition) is 1. The molecule has 0 bridgehead atoms. The molecule has 1 aliphatic carbocycles. The number of anilines is 1. The van der Waals surface area contributed by atoms with Gasteiger partial charge < -0.3 is 5.73 Å². The van der Waals surface area contributed by atoms with Crippen molar-refractivity contribution in [3.8, 4) is 0 Å². The van der Waals surface area contributed by atoms with Crippen LogP contribution in [0.25, 0.3) is 10.2 Å². The van der Waals surface area contributed by atoms with Crippen molar-refractivity contribution in [3.63, 3.8) is 0 Å². The van der Waals surface area contributed by atoms with Gasteiger partial charge in [0.05, 0.1) is 10.2 Å². The molecule has 0 saturated heterocycles. The van der Waals surface area contributed by atoms with Crippen molar-refractivity contribution in [2.45, 2.75) is 45.4 Å². The van der Waals surface area contributed by atoms with Gasteiger partial charge in [-0.3, -0.25) is 0 Å². The van der Waals surface area contributed by atoms with Crippen LogP contribution in [0.2, 0.25) is 0 Å². The topological polar surface area (TPSA) is 38.9 Å². The summed E-state index contributed by atoms with van der Waals surface area (Å²) in [5.74, 6) is 1.30. The molecule has 90 valence electrons. The monoisotopic (exact) mass is 246 g/mol. The molecule has 0 radical (unpaired) electrons. The number of nitrogens with two attached hydrogens (primary N) is 1. The zero-order chi connectivity index (χ0) is 12.2. The minimum Gasteiger partial charge on any atom is -0.375 e. The molecule has 17 heavy (non-hydrogen) atoms. The fourth-order valence-electron chi connectivity index (χ4n) is 2.75. The molecular formula is C14H18N2S. The van der Waals surface area contributed by atoms with Crippen LogP contribution in [0, 0.1) is 6.92 Å². The third-order valence-corrected chi connectivity index (χ3v) is 4.38. The number of hydrogen-bond acceptors (Lipinski definition) is 3. The second-order valence-electron chi connectivity index (χ2n) is 5.35. The van der Waals surface area contributed by atoms with E-state index < -0.39 is 0 Å². The summed E-state index contributed by atoms with van der Waals surface area (Å²) in [5, 5.41) is 0.689. The van der Waals surface area contributed by atoms with Crippen molar-refractivity contribution in [2.75, 3.05) is 5.73 Å². The highest BCUT2D eigenvalue weighted by atomic mass is 32.1. The van der Waals surface area contributed by atoms with Gasteiger partial charge in [0.1, 0.15) is 0 Å². The molecule has 1 saturated carbocycles. The zero-order valence-electron chi connectivity index (χ0n) is 10.6. The summed E-state index contributed by atoms with van der Waals surface area (Å²) in [5.41, 5.74) is 11.4. The van der Waals surface area contributed by atoms with Crippen LogP contribution in [-0.2, 0) is 0 Å². The molecular weight excluding hydrogens is 228 g/mol. The Morgan fingerprint density at radius 1 is 1.41 bits per heavy atom. The van der Waals surface area contributed by atoms with Gasteiger partial charge in [0, 0.05) is 0 Å². The Morgan fingerprint density at radius 3 is 2.71 bits per heavy atom. The van der Waals surface area contributed by atoms with Gasteiger partial charge in [0.15, 0.2) is 5.13 Å². The van der Waals surface area contributed by atoms with E-state index in [1.807, 2.05) is 0 Å². The van der Waals surface area contributed by atoms with Crippen molar-refractivity contribution in [1.82, 2.24) is 4.98 Å². The Morgan fingerprint density at radius 2 is 2.12 bits per heavy atom. The van der Waals surface area contributed by atoms with Gasteiger partial charge in [0.2, 0.25) is 0 Å². The van der Waals surface area contributed by atoms with Crippen LogP contribution in [0.3, 0.4) is 0 Å². The van der Waals surface area contributed by atoms with Crippen LogP contribution in [0.4, 0.5) is 5.13 Å². The number of aromatic nitrogens is 1. The lowest BCUT2D eigenvalue weighted by Gasteiger charge is -2.16. The fourth-order valence-corrected chi connectivity index (χ4v) is 3.60. The molecule has 2 N–H and O–H groups in total. The lowest BCUT2D eigenvalue weighted by Crippen LogP contribution is -1.99. The molecule has 1 aromatic heterocycles. The quantitative estimate of drug-likeness (QED) is 0.863. The average Bonchev–Trinajstić information content (AvgIpc) is 2.99. The molecule has 3 rings (SSSR count). The van der Waals surface area contributed by atoms with Gasteiger partial charge in [-0.25, -0.2) is 4.98 Å². The van der Waals surface area contributed by atoms with Crippen molar-refractivity contribution in [3.05, 3.63) is 22.8 Å². The van der Waals surface area contributed by atoms with Gasteiger partial charge in [-0.15, -0.1) is 0 Å². The van der Waals surface area contributed by atoms with Crippen LogP contribution in [0.1, 0.15) is 55.2 Å². The van der Waals surface area contributed by atoms with E-state index >= 15 is 0 Å². The Hall–Kier alpha value is -1.09. The molecule has 1 fully saturated rings. The lowest BCUT2D eigenvalue weighted by atomic mass is 9.90. The highest BCUT2D eigenvalue weighted by molar-refractivity contribution is 7.22. The van der Waals surface area contributed by atoms with Crippen LogP contribution in [-0.4, -0.2) is 4.98 Å². The van der Waals surface area contributed by atoms with Gasteiger partial charge in [-0.2, -0.15) is 0 Å². The maximum atomic E-state index is 5.86. The maximum absolute atomic E-state index is 5.86. The third kappa shape index (κ3) is 1.73. The third-order valence-electron chi connectivity index (χ3n) is 3.55. The Balaban J connectivity index is 2.36. The van der Waals surface area contributed by atoms with Gasteiger partial charge in [-0.1, -0.05) is 25.2 Å². The van der Waals surface area contributed by atoms with Crippen molar-refractivity contribution >= 4 is 26.7 Å².